The van der Waals surface area contributed by atoms with Gasteiger partial charge in [0.05, 0.1) is 0 Å². The van der Waals surface area contributed by atoms with Gasteiger partial charge in [0.15, 0.2) is 0 Å². The van der Waals surface area contributed by atoms with E-state index in [0.717, 1.165) is 36.9 Å². The summed E-state index contributed by atoms with van der Waals surface area (Å²) in [6.45, 7) is 2.81. The number of hydrogen-bond acceptors (Lipinski definition) is 4. The first-order chi connectivity index (χ1) is 17.0. The number of hydrogen-bond donors (Lipinski definition) is 0. The first-order valence-corrected chi connectivity index (χ1v) is 12.8. The van der Waals surface area contributed by atoms with Gasteiger partial charge in [0, 0.05) is 72.3 Å². The zero-order chi connectivity index (χ0) is 24.4. The summed E-state index contributed by atoms with van der Waals surface area (Å²) in [5.41, 5.74) is 2.72. The fourth-order valence-electron chi connectivity index (χ4n) is 5.32. The van der Waals surface area contributed by atoms with Gasteiger partial charge in [-0.3, -0.25) is 14.6 Å². The molecule has 2 aromatic carbocycles. The highest BCUT2D eigenvalue weighted by Gasteiger charge is 2.30. The number of piperazine rings is 1. The molecule has 0 spiro atoms. The molecule has 0 aromatic heterocycles. The second-order valence-electron chi connectivity index (χ2n) is 9.61. The lowest BCUT2D eigenvalue weighted by atomic mass is 9.88. The number of halogens is 2. The van der Waals surface area contributed by atoms with E-state index in [1.165, 1.54) is 12.5 Å². The Morgan fingerprint density at radius 1 is 0.971 bits per heavy atom. The average molecular weight is 497 g/mol. The Labute approximate surface area is 210 Å². The second-order valence-corrected chi connectivity index (χ2v) is 10.0. The maximum atomic E-state index is 14.7. The third-order valence-corrected chi connectivity index (χ3v) is 7.53. The molecule has 8 heteroatoms. The van der Waals surface area contributed by atoms with Crippen molar-refractivity contribution in [2.75, 3.05) is 37.7 Å². The highest BCUT2D eigenvalue weighted by atomic mass is 35.5. The molecule has 0 radical (unpaired) electrons. The minimum atomic E-state index is -0.352. The molecule has 35 heavy (non-hydrogen) atoms. The predicted molar refractivity (Wildman–Crippen MR) is 136 cm³/mol. The van der Waals surface area contributed by atoms with Crippen molar-refractivity contribution in [2.24, 2.45) is 10.9 Å². The summed E-state index contributed by atoms with van der Waals surface area (Å²) >= 11 is 6.10. The summed E-state index contributed by atoms with van der Waals surface area (Å²) in [6.07, 6.45) is 7.21. The molecule has 1 aliphatic carbocycles. The van der Waals surface area contributed by atoms with Gasteiger partial charge in [-0.05, 0) is 49.2 Å². The minimum Gasteiger partial charge on any atom is -0.347 e. The van der Waals surface area contributed by atoms with Gasteiger partial charge in [-0.2, -0.15) is 0 Å². The first kappa shape index (κ1) is 23.8. The van der Waals surface area contributed by atoms with Crippen molar-refractivity contribution in [3.05, 3.63) is 63.9 Å². The molecule has 2 amide bonds. The van der Waals surface area contributed by atoms with Crippen molar-refractivity contribution < 1.29 is 14.0 Å². The van der Waals surface area contributed by atoms with Gasteiger partial charge < -0.3 is 14.7 Å². The fraction of sp³-hybridized carbons (Fsp3) is 0.444. The van der Waals surface area contributed by atoms with E-state index in [9.17, 15) is 14.0 Å². The molecule has 1 saturated carbocycles. The van der Waals surface area contributed by atoms with Gasteiger partial charge in [-0.1, -0.05) is 30.9 Å². The van der Waals surface area contributed by atoms with Crippen molar-refractivity contribution in [1.82, 2.24) is 9.80 Å². The Balaban J connectivity index is 1.24. The van der Waals surface area contributed by atoms with E-state index < -0.39 is 0 Å². The molecule has 0 N–H and O–H groups in total. The molecule has 0 atom stereocenters. The summed E-state index contributed by atoms with van der Waals surface area (Å²) < 4.78 is 14.7. The van der Waals surface area contributed by atoms with Crippen LogP contribution in [-0.4, -0.2) is 60.7 Å². The van der Waals surface area contributed by atoms with Crippen LogP contribution in [0.5, 0.6) is 0 Å². The standard InChI is InChI=1S/C27H30ClFN4O2/c28-23-7-9-25-21(15-23)16-30-18-33(25)17-22-14-20(6-8-24(22)29)27(35)32-12-10-31(11-13-32)26(34)19-4-2-1-3-5-19/h6-9,14-16,19H,1-5,10-13,17-18H2. The Morgan fingerprint density at radius 3 is 2.49 bits per heavy atom. The van der Waals surface area contributed by atoms with Gasteiger partial charge in [0.2, 0.25) is 5.91 Å². The molecule has 2 aliphatic heterocycles. The molecule has 2 aromatic rings. The van der Waals surface area contributed by atoms with Crippen LogP contribution in [0.4, 0.5) is 10.1 Å². The van der Waals surface area contributed by atoms with E-state index in [4.69, 9.17) is 11.6 Å². The monoisotopic (exact) mass is 496 g/mol. The van der Waals surface area contributed by atoms with Crippen molar-refractivity contribution in [2.45, 2.75) is 38.6 Å². The lowest BCUT2D eigenvalue weighted by Gasteiger charge is -2.37. The third-order valence-electron chi connectivity index (χ3n) is 7.30. The maximum Gasteiger partial charge on any atom is 0.253 e. The number of aliphatic imine (C=N–C) groups is 1. The molecule has 2 fully saturated rings. The Bertz CT molecular complexity index is 1140. The van der Waals surface area contributed by atoms with E-state index in [0.29, 0.717) is 55.5 Å². The zero-order valence-corrected chi connectivity index (χ0v) is 20.5. The summed E-state index contributed by atoms with van der Waals surface area (Å²) in [4.78, 5) is 36.1. The summed E-state index contributed by atoms with van der Waals surface area (Å²) in [5.74, 6) is -0.0908. The smallest absolute Gasteiger partial charge is 0.253 e. The number of fused-ring (bicyclic) bond motifs is 1. The molecular formula is C27H30ClFN4O2. The van der Waals surface area contributed by atoms with E-state index in [1.807, 2.05) is 28.0 Å². The van der Waals surface area contributed by atoms with Crippen LogP contribution in [0, 0.1) is 11.7 Å². The fourth-order valence-corrected chi connectivity index (χ4v) is 5.50. The van der Waals surface area contributed by atoms with Crippen LogP contribution >= 0.6 is 11.6 Å². The lowest BCUT2D eigenvalue weighted by molar-refractivity contribution is -0.138. The van der Waals surface area contributed by atoms with Crippen molar-refractivity contribution >= 4 is 35.3 Å². The molecule has 184 valence electrons. The summed E-state index contributed by atoms with van der Waals surface area (Å²) in [6, 6.07) is 10.1. The number of benzene rings is 2. The van der Waals surface area contributed by atoms with Gasteiger partial charge in [-0.15, -0.1) is 0 Å². The van der Waals surface area contributed by atoms with E-state index in [-0.39, 0.29) is 23.5 Å². The van der Waals surface area contributed by atoms with Crippen LogP contribution in [0.1, 0.15) is 53.6 Å². The topological polar surface area (TPSA) is 56.2 Å². The maximum absolute atomic E-state index is 14.7. The summed E-state index contributed by atoms with van der Waals surface area (Å²) in [5, 5.41) is 0.622. The third kappa shape index (κ3) is 5.20. The predicted octanol–water partition coefficient (Wildman–Crippen LogP) is 4.74. The molecule has 5 rings (SSSR count). The average Bonchev–Trinajstić information content (AvgIpc) is 2.89. The van der Waals surface area contributed by atoms with Crippen LogP contribution in [0.15, 0.2) is 41.4 Å². The molecular weight excluding hydrogens is 467 g/mol. The molecule has 0 unspecified atom stereocenters. The van der Waals surface area contributed by atoms with Crippen molar-refractivity contribution in [3.63, 3.8) is 0 Å². The van der Waals surface area contributed by atoms with Crippen LogP contribution in [-0.2, 0) is 11.3 Å². The van der Waals surface area contributed by atoms with Crippen molar-refractivity contribution in [1.29, 1.82) is 0 Å². The lowest BCUT2D eigenvalue weighted by Crippen LogP contribution is -2.52. The largest absolute Gasteiger partial charge is 0.347 e. The zero-order valence-electron chi connectivity index (χ0n) is 19.8. The minimum absolute atomic E-state index is 0.125. The molecule has 6 nitrogen and oxygen atoms in total. The Hall–Kier alpha value is -2.93. The van der Waals surface area contributed by atoms with E-state index >= 15 is 0 Å². The number of amides is 2. The highest BCUT2D eigenvalue weighted by Crippen LogP contribution is 2.28. The van der Waals surface area contributed by atoms with Gasteiger partial charge in [0.1, 0.15) is 12.5 Å². The normalized spacial score (nSPS) is 18.5. The van der Waals surface area contributed by atoms with Gasteiger partial charge in [-0.25, -0.2) is 4.39 Å². The van der Waals surface area contributed by atoms with Crippen molar-refractivity contribution in [3.8, 4) is 0 Å². The Morgan fingerprint density at radius 2 is 1.71 bits per heavy atom. The number of rotatable bonds is 4. The second kappa shape index (κ2) is 10.4. The van der Waals surface area contributed by atoms with E-state index in [2.05, 4.69) is 4.99 Å². The molecule has 0 bridgehead atoms. The molecule has 1 saturated heterocycles. The number of carbonyl (C=O) groups excluding carboxylic acids is 2. The molecule has 2 heterocycles. The van der Waals surface area contributed by atoms with Gasteiger partial charge in [0.25, 0.3) is 5.91 Å². The Kier molecular flexibility index (Phi) is 7.04. The number of nitrogens with zero attached hydrogens (tertiary/aromatic N) is 4. The SMILES string of the molecule is O=C(c1ccc(F)c(CN2CN=Cc3cc(Cl)ccc32)c1)N1CCN(C(=O)C2CCCCC2)CC1. The van der Waals surface area contributed by atoms with Crippen LogP contribution in [0.3, 0.4) is 0 Å². The van der Waals surface area contributed by atoms with Crippen LogP contribution in [0.2, 0.25) is 5.02 Å². The van der Waals surface area contributed by atoms with Crippen LogP contribution < -0.4 is 4.90 Å². The number of carbonyl (C=O) groups is 2. The number of anilines is 1. The quantitative estimate of drug-likeness (QED) is 0.614. The highest BCUT2D eigenvalue weighted by molar-refractivity contribution is 6.31. The van der Waals surface area contributed by atoms with Gasteiger partial charge >= 0.3 is 0 Å². The molecule has 3 aliphatic rings. The first-order valence-electron chi connectivity index (χ1n) is 12.4. The van der Waals surface area contributed by atoms with E-state index in [1.54, 1.807) is 23.2 Å². The summed E-state index contributed by atoms with van der Waals surface area (Å²) in [7, 11) is 0. The van der Waals surface area contributed by atoms with Crippen LogP contribution in [0.25, 0.3) is 0 Å².